The lowest BCUT2D eigenvalue weighted by atomic mass is 10.0. The van der Waals surface area contributed by atoms with Crippen LogP contribution in [0.5, 0.6) is 0 Å². The van der Waals surface area contributed by atoms with Crippen molar-refractivity contribution in [3.05, 3.63) is 90.5 Å². The van der Waals surface area contributed by atoms with Gasteiger partial charge in [-0.25, -0.2) is 0 Å². The van der Waals surface area contributed by atoms with E-state index in [1.54, 1.807) is 0 Å². The highest BCUT2D eigenvalue weighted by atomic mass is 32.2. The summed E-state index contributed by atoms with van der Waals surface area (Å²) in [5, 5.41) is 12.5. The van der Waals surface area contributed by atoms with Gasteiger partial charge in [-0.3, -0.25) is 4.79 Å². The summed E-state index contributed by atoms with van der Waals surface area (Å²) in [6.07, 6.45) is 0. The Balaban J connectivity index is 1.36. The van der Waals surface area contributed by atoms with Gasteiger partial charge in [0.15, 0.2) is 11.0 Å². The number of hydrogen-bond donors (Lipinski definition) is 1. The van der Waals surface area contributed by atoms with Crippen LogP contribution in [0.2, 0.25) is 0 Å². The van der Waals surface area contributed by atoms with Crippen molar-refractivity contribution in [2.24, 2.45) is 0 Å². The molecule has 0 radical (unpaired) electrons. The fraction of sp³-hybridized carbons (Fsp3) is 0.192. The van der Waals surface area contributed by atoms with Crippen LogP contribution in [0.1, 0.15) is 25.5 Å². The minimum absolute atomic E-state index is 0.0263. The molecule has 3 aromatic carbocycles. The number of carbonyl (C=O) groups is 1. The van der Waals surface area contributed by atoms with E-state index in [1.807, 2.05) is 60.0 Å². The first-order valence-corrected chi connectivity index (χ1v) is 11.7. The largest absolute Gasteiger partial charge is 0.349 e. The highest BCUT2D eigenvalue weighted by Crippen LogP contribution is 2.25. The summed E-state index contributed by atoms with van der Waals surface area (Å²) in [6.45, 7) is 4.80. The topological polar surface area (TPSA) is 59.8 Å². The van der Waals surface area contributed by atoms with Crippen molar-refractivity contribution < 1.29 is 4.79 Å². The van der Waals surface area contributed by atoms with Gasteiger partial charge in [-0.2, -0.15) is 0 Å². The predicted molar refractivity (Wildman–Crippen MR) is 130 cm³/mol. The predicted octanol–water partition coefficient (Wildman–Crippen LogP) is 5.60. The van der Waals surface area contributed by atoms with Gasteiger partial charge in [0.1, 0.15) is 0 Å². The molecule has 1 unspecified atom stereocenters. The van der Waals surface area contributed by atoms with Gasteiger partial charge in [0, 0.05) is 12.1 Å². The number of benzene rings is 3. The Hall–Kier alpha value is -3.38. The molecule has 4 rings (SSSR count). The molecular formula is C26H26N4OS. The Bertz CT molecular complexity index is 1160. The van der Waals surface area contributed by atoms with Crippen molar-refractivity contribution in [2.75, 3.05) is 5.75 Å². The lowest BCUT2D eigenvalue weighted by Gasteiger charge is -2.15. The zero-order chi connectivity index (χ0) is 22.3. The monoisotopic (exact) mass is 442 g/mol. The van der Waals surface area contributed by atoms with Crippen LogP contribution in [0, 0.1) is 0 Å². The third-order valence-corrected chi connectivity index (χ3v) is 6.26. The van der Waals surface area contributed by atoms with Crippen LogP contribution in [0.25, 0.3) is 22.5 Å². The maximum Gasteiger partial charge on any atom is 0.230 e. The van der Waals surface area contributed by atoms with Crippen molar-refractivity contribution >= 4 is 17.7 Å². The fourth-order valence-corrected chi connectivity index (χ4v) is 4.39. The van der Waals surface area contributed by atoms with Crippen molar-refractivity contribution in [3.8, 4) is 22.5 Å². The summed E-state index contributed by atoms with van der Waals surface area (Å²) in [4.78, 5) is 12.6. The summed E-state index contributed by atoms with van der Waals surface area (Å²) in [5.74, 6) is 1.09. The fourth-order valence-electron chi connectivity index (χ4n) is 3.57. The molecule has 0 fully saturated rings. The third-order valence-electron chi connectivity index (χ3n) is 5.29. The second-order valence-corrected chi connectivity index (χ2v) is 8.42. The Labute approximate surface area is 192 Å². The molecule has 1 atom stereocenters. The second-order valence-electron chi connectivity index (χ2n) is 7.48. The Kier molecular flexibility index (Phi) is 7.02. The second kappa shape index (κ2) is 10.3. The number of rotatable bonds is 8. The van der Waals surface area contributed by atoms with E-state index in [4.69, 9.17) is 0 Å². The lowest BCUT2D eigenvalue weighted by Crippen LogP contribution is -2.28. The molecule has 1 heterocycles. The first-order chi connectivity index (χ1) is 15.7. The standard InChI is InChI=1S/C26H26N4OS/c1-3-30-25(23-12-8-5-9-13-23)28-29-26(30)32-18-24(31)27-19(2)20-14-16-22(17-15-20)21-10-6-4-7-11-21/h4-17,19H,3,18H2,1-2H3,(H,27,31). The Morgan fingerprint density at radius 2 is 1.47 bits per heavy atom. The van der Waals surface area contributed by atoms with E-state index < -0.39 is 0 Å². The molecule has 0 aliphatic heterocycles. The molecule has 1 amide bonds. The number of carbonyl (C=O) groups excluding carboxylic acids is 1. The van der Waals surface area contributed by atoms with E-state index in [9.17, 15) is 4.79 Å². The molecule has 1 N–H and O–H groups in total. The third kappa shape index (κ3) is 5.08. The number of amides is 1. The van der Waals surface area contributed by atoms with Crippen LogP contribution in [-0.4, -0.2) is 26.4 Å². The van der Waals surface area contributed by atoms with Crippen LogP contribution >= 0.6 is 11.8 Å². The highest BCUT2D eigenvalue weighted by Gasteiger charge is 2.16. The molecule has 162 valence electrons. The van der Waals surface area contributed by atoms with Crippen molar-refractivity contribution in [1.29, 1.82) is 0 Å². The Morgan fingerprint density at radius 3 is 2.09 bits per heavy atom. The van der Waals surface area contributed by atoms with Crippen molar-refractivity contribution in [3.63, 3.8) is 0 Å². The van der Waals surface area contributed by atoms with Gasteiger partial charge in [-0.05, 0) is 30.5 Å². The Morgan fingerprint density at radius 1 is 0.875 bits per heavy atom. The van der Waals surface area contributed by atoms with Gasteiger partial charge in [-0.1, -0.05) is 96.7 Å². The molecule has 0 saturated heterocycles. The molecule has 0 bridgehead atoms. The molecule has 6 heteroatoms. The van der Waals surface area contributed by atoms with Gasteiger partial charge in [-0.15, -0.1) is 10.2 Å². The minimum Gasteiger partial charge on any atom is -0.349 e. The van der Waals surface area contributed by atoms with Gasteiger partial charge < -0.3 is 9.88 Å². The SMILES string of the molecule is CCn1c(SCC(=O)NC(C)c2ccc(-c3ccccc3)cc2)nnc1-c1ccccc1. The number of hydrogen-bond acceptors (Lipinski definition) is 4. The summed E-state index contributed by atoms with van der Waals surface area (Å²) in [5.41, 5.74) is 4.44. The highest BCUT2D eigenvalue weighted by molar-refractivity contribution is 7.99. The zero-order valence-corrected chi connectivity index (χ0v) is 19.0. The van der Waals surface area contributed by atoms with Crippen LogP contribution in [0.3, 0.4) is 0 Å². The molecule has 0 aliphatic carbocycles. The van der Waals surface area contributed by atoms with E-state index >= 15 is 0 Å². The van der Waals surface area contributed by atoms with Crippen LogP contribution in [0.15, 0.2) is 90.1 Å². The van der Waals surface area contributed by atoms with E-state index in [0.717, 1.165) is 34.2 Å². The molecule has 5 nitrogen and oxygen atoms in total. The molecule has 0 aliphatic rings. The maximum atomic E-state index is 12.6. The smallest absolute Gasteiger partial charge is 0.230 e. The summed E-state index contributed by atoms with van der Waals surface area (Å²) >= 11 is 1.41. The number of nitrogens with one attached hydrogen (secondary N) is 1. The van der Waals surface area contributed by atoms with Crippen molar-refractivity contribution in [1.82, 2.24) is 20.1 Å². The lowest BCUT2D eigenvalue weighted by molar-refractivity contribution is -0.119. The maximum absolute atomic E-state index is 12.6. The number of aromatic nitrogens is 3. The first-order valence-electron chi connectivity index (χ1n) is 10.7. The van der Waals surface area contributed by atoms with Crippen molar-refractivity contribution in [2.45, 2.75) is 31.6 Å². The number of nitrogens with zero attached hydrogens (tertiary/aromatic N) is 3. The average Bonchev–Trinajstić information content (AvgIpc) is 3.27. The summed E-state index contributed by atoms with van der Waals surface area (Å²) in [6, 6.07) is 28.5. The molecule has 4 aromatic rings. The van der Waals surface area contributed by atoms with Gasteiger partial charge in [0.25, 0.3) is 0 Å². The van der Waals surface area contributed by atoms with Gasteiger partial charge in [0.05, 0.1) is 11.8 Å². The van der Waals surface area contributed by atoms with E-state index in [1.165, 1.54) is 17.3 Å². The van der Waals surface area contributed by atoms with Crippen LogP contribution in [-0.2, 0) is 11.3 Å². The minimum atomic E-state index is -0.0724. The molecule has 1 aromatic heterocycles. The van der Waals surface area contributed by atoms with E-state index in [-0.39, 0.29) is 11.9 Å². The molecule has 0 spiro atoms. The summed E-state index contributed by atoms with van der Waals surface area (Å²) < 4.78 is 2.04. The molecule has 32 heavy (non-hydrogen) atoms. The molecule has 0 saturated carbocycles. The van der Waals surface area contributed by atoms with Crippen LogP contribution < -0.4 is 5.32 Å². The number of thioether (sulfide) groups is 1. The van der Waals surface area contributed by atoms with Gasteiger partial charge >= 0.3 is 0 Å². The normalized spacial score (nSPS) is 11.8. The van der Waals surface area contributed by atoms with E-state index in [2.05, 4.69) is 58.8 Å². The summed E-state index contributed by atoms with van der Waals surface area (Å²) in [7, 11) is 0. The average molecular weight is 443 g/mol. The quantitative estimate of drug-likeness (QED) is 0.361. The first kappa shape index (κ1) is 21.8. The zero-order valence-electron chi connectivity index (χ0n) is 18.2. The molecular weight excluding hydrogens is 416 g/mol. The van der Waals surface area contributed by atoms with Gasteiger partial charge in [0.2, 0.25) is 5.91 Å². The van der Waals surface area contributed by atoms with Crippen LogP contribution in [0.4, 0.5) is 0 Å². The van der Waals surface area contributed by atoms with E-state index in [0.29, 0.717) is 5.75 Å².